The lowest BCUT2D eigenvalue weighted by molar-refractivity contribution is 0.0696. The van der Waals surface area contributed by atoms with Crippen molar-refractivity contribution in [1.29, 1.82) is 0 Å². The Balaban J connectivity index is 0.000000204. The molecule has 8 nitrogen and oxygen atoms in total. The highest BCUT2D eigenvalue weighted by atomic mass is 35.5. The number of carboxylic acids is 1. The number of aromatic amines is 1. The minimum absolute atomic E-state index is 0.217. The van der Waals surface area contributed by atoms with E-state index in [4.69, 9.17) is 22.4 Å². The van der Waals surface area contributed by atoms with Gasteiger partial charge in [-0.05, 0) is 61.5 Å². The lowest BCUT2D eigenvalue weighted by Crippen LogP contribution is -2.10. The molecule has 4 N–H and O–H groups in total. The molecule has 188 valence electrons. The molecule has 4 aromatic carbocycles. The zero-order valence-electron chi connectivity index (χ0n) is 20.2. The number of aromatic carboxylic acids is 1. The van der Waals surface area contributed by atoms with Gasteiger partial charge in [0, 0.05) is 21.9 Å². The zero-order valence-corrected chi connectivity index (χ0v) is 21.0. The first-order valence-electron chi connectivity index (χ1n) is 11.6. The molecule has 1 amide bonds. The summed E-state index contributed by atoms with van der Waals surface area (Å²) in [4.78, 5) is 22.2. The van der Waals surface area contributed by atoms with Gasteiger partial charge in [0.15, 0.2) is 0 Å². The Bertz CT molecular complexity index is 1810. The molecule has 0 spiro atoms. The van der Waals surface area contributed by atoms with Gasteiger partial charge in [0.25, 0.3) is 0 Å². The summed E-state index contributed by atoms with van der Waals surface area (Å²) >= 11 is 6.37. The second kappa shape index (κ2) is 10.2. The topological polar surface area (TPSA) is 127 Å². The number of H-pyrrole nitrogens is 1. The zero-order chi connectivity index (χ0) is 26.8. The number of carbonyl (C=O) groups is 2. The van der Waals surface area contributed by atoms with Gasteiger partial charge in [-0.1, -0.05) is 47.5 Å². The van der Waals surface area contributed by atoms with E-state index < -0.39 is 11.9 Å². The quantitative estimate of drug-likeness (QED) is 0.260. The summed E-state index contributed by atoms with van der Waals surface area (Å²) in [6.07, 6.45) is 1.65. The van der Waals surface area contributed by atoms with E-state index in [1.54, 1.807) is 48.7 Å². The molecule has 9 heteroatoms. The molecule has 0 aliphatic rings. The van der Waals surface area contributed by atoms with Gasteiger partial charge >= 0.3 is 5.97 Å². The summed E-state index contributed by atoms with van der Waals surface area (Å²) in [7, 11) is 0. The number of carboxylic acid groups (broad SMARTS) is 1. The van der Waals surface area contributed by atoms with Crippen molar-refractivity contribution in [3.8, 4) is 16.9 Å². The van der Waals surface area contributed by atoms with Crippen molar-refractivity contribution >= 4 is 45.3 Å². The molecule has 2 heterocycles. The number of hydrogen-bond donors (Lipinski definition) is 3. The van der Waals surface area contributed by atoms with Crippen LogP contribution in [0.5, 0.6) is 0 Å². The fourth-order valence-corrected chi connectivity index (χ4v) is 4.31. The Hall–Kier alpha value is -4.95. The van der Waals surface area contributed by atoms with Gasteiger partial charge in [-0.3, -0.25) is 9.89 Å². The van der Waals surface area contributed by atoms with Crippen LogP contribution in [-0.4, -0.2) is 37.0 Å². The molecule has 6 rings (SSSR count). The van der Waals surface area contributed by atoms with E-state index in [0.29, 0.717) is 16.3 Å². The number of aryl methyl sites for hydroxylation is 1. The number of carbonyl (C=O) groups excluding carboxylic acids is 1. The van der Waals surface area contributed by atoms with Gasteiger partial charge < -0.3 is 10.8 Å². The third-order valence-corrected chi connectivity index (χ3v) is 6.39. The molecule has 0 unspecified atom stereocenters. The molecular weight excluding hydrogens is 502 g/mol. The maximum Gasteiger partial charge on any atom is 0.335 e. The van der Waals surface area contributed by atoms with Crippen molar-refractivity contribution in [1.82, 2.24) is 20.0 Å². The Morgan fingerprint density at radius 2 is 1.68 bits per heavy atom. The third kappa shape index (κ3) is 4.85. The minimum atomic E-state index is -0.972. The van der Waals surface area contributed by atoms with Gasteiger partial charge in [0.05, 0.1) is 33.5 Å². The van der Waals surface area contributed by atoms with Crippen molar-refractivity contribution in [3.05, 3.63) is 113 Å². The predicted molar refractivity (Wildman–Crippen MR) is 148 cm³/mol. The lowest BCUT2D eigenvalue weighted by Gasteiger charge is -2.04. The molecule has 38 heavy (non-hydrogen) atoms. The summed E-state index contributed by atoms with van der Waals surface area (Å²) in [5, 5.41) is 22.9. The van der Waals surface area contributed by atoms with Gasteiger partial charge in [0.1, 0.15) is 5.69 Å². The molecule has 2 aromatic heterocycles. The number of primary amides is 1. The number of nitrogens with two attached hydrogens (primary N) is 1. The number of nitrogens with zero attached hydrogens (tertiary/aromatic N) is 3. The number of fused-ring (bicyclic) bond motifs is 2. The minimum Gasteiger partial charge on any atom is -0.478 e. The van der Waals surface area contributed by atoms with Crippen LogP contribution in [0.3, 0.4) is 0 Å². The average Bonchev–Trinajstić information content (AvgIpc) is 3.54. The molecule has 0 bridgehead atoms. The van der Waals surface area contributed by atoms with Crippen molar-refractivity contribution < 1.29 is 14.7 Å². The summed E-state index contributed by atoms with van der Waals surface area (Å²) in [6, 6.07) is 25.6. The SMILES string of the molecule is Cc1ccc(-n2nc(-c3ccccc3Cl)c3cc(C(=O)O)ccc32)cc1.NC(=O)c1ccc2[nH]ncc2c1. The van der Waals surface area contributed by atoms with Crippen LogP contribution in [-0.2, 0) is 0 Å². The normalized spacial score (nSPS) is 10.8. The van der Waals surface area contributed by atoms with Crippen molar-refractivity contribution in [2.45, 2.75) is 6.92 Å². The van der Waals surface area contributed by atoms with Crippen LogP contribution in [0, 0.1) is 6.92 Å². The largest absolute Gasteiger partial charge is 0.478 e. The summed E-state index contributed by atoms with van der Waals surface area (Å²) in [6.45, 7) is 2.03. The molecule has 0 saturated heterocycles. The molecule has 0 saturated carbocycles. The smallest absolute Gasteiger partial charge is 0.335 e. The van der Waals surface area contributed by atoms with E-state index >= 15 is 0 Å². The monoisotopic (exact) mass is 523 g/mol. The first kappa shape index (κ1) is 24.7. The van der Waals surface area contributed by atoms with Crippen LogP contribution in [0.25, 0.3) is 38.8 Å². The molecule has 0 radical (unpaired) electrons. The average molecular weight is 524 g/mol. The van der Waals surface area contributed by atoms with Gasteiger partial charge in [-0.15, -0.1) is 0 Å². The number of halogens is 1. The van der Waals surface area contributed by atoms with Gasteiger partial charge in [-0.2, -0.15) is 10.2 Å². The van der Waals surface area contributed by atoms with Gasteiger partial charge in [0.2, 0.25) is 5.91 Å². The van der Waals surface area contributed by atoms with Crippen LogP contribution in [0.2, 0.25) is 5.02 Å². The predicted octanol–water partition coefficient (Wildman–Crippen LogP) is 6.01. The van der Waals surface area contributed by atoms with Crippen molar-refractivity contribution in [2.24, 2.45) is 5.73 Å². The van der Waals surface area contributed by atoms with Gasteiger partial charge in [-0.25, -0.2) is 9.48 Å². The summed E-state index contributed by atoms with van der Waals surface area (Å²) < 4.78 is 1.82. The van der Waals surface area contributed by atoms with E-state index in [0.717, 1.165) is 38.6 Å². The molecular formula is C29H22ClN5O3. The number of hydrogen-bond acceptors (Lipinski definition) is 4. The van der Waals surface area contributed by atoms with Crippen LogP contribution in [0.15, 0.2) is 91.1 Å². The van der Waals surface area contributed by atoms with E-state index in [9.17, 15) is 14.7 Å². The first-order chi connectivity index (χ1) is 18.3. The molecule has 0 aliphatic heterocycles. The lowest BCUT2D eigenvalue weighted by atomic mass is 10.1. The Labute approximate surface area is 222 Å². The van der Waals surface area contributed by atoms with Crippen molar-refractivity contribution in [2.75, 3.05) is 0 Å². The highest BCUT2D eigenvalue weighted by Gasteiger charge is 2.17. The van der Waals surface area contributed by atoms with E-state index in [2.05, 4.69) is 10.2 Å². The fraction of sp³-hybridized carbons (Fsp3) is 0.0345. The molecule has 0 fully saturated rings. The standard InChI is InChI=1S/C21H15ClN2O2.C8H7N3O/c1-13-6-9-15(10-7-13)24-19-11-8-14(21(25)26)12-17(19)20(23-24)16-4-2-3-5-18(16)22;9-8(12)5-1-2-7-6(3-5)4-10-11-7/h2-12H,1H3,(H,25,26);1-4H,(H2,9,12)(H,10,11). The number of aromatic nitrogens is 4. The maximum absolute atomic E-state index is 11.4. The highest BCUT2D eigenvalue weighted by molar-refractivity contribution is 6.33. The maximum atomic E-state index is 11.4. The van der Waals surface area contributed by atoms with Crippen LogP contribution < -0.4 is 5.73 Å². The molecule has 0 atom stereocenters. The van der Waals surface area contributed by atoms with E-state index in [1.807, 2.05) is 54.1 Å². The third-order valence-electron chi connectivity index (χ3n) is 6.06. The fourth-order valence-electron chi connectivity index (χ4n) is 4.08. The summed E-state index contributed by atoms with van der Waals surface area (Å²) in [5.41, 5.74) is 11.0. The molecule has 0 aliphatic carbocycles. The van der Waals surface area contributed by atoms with E-state index in [1.165, 1.54) is 0 Å². The first-order valence-corrected chi connectivity index (χ1v) is 12.0. The Kier molecular flexibility index (Phi) is 6.64. The second-order valence-electron chi connectivity index (χ2n) is 8.65. The van der Waals surface area contributed by atoms with Crippen molar-refractivity contribution in [3.63, 3.8) is 0 Å². The summed E-state index contributed by atoms with van der Waals surface area (Å²) in [5.74, 6) is -1.39. The second-order valence-corrected chi connectivity index (χ2v) is 9.06. The van der Waals surface area contributed by atoms with E-state index in [-0.39, 0.29) is 5.56 Å². The number of rotatable bonds is 4. The Morgan fingerprint density at radius 3 is 2.39 bits per heavy atom. The number of nitrogens with one attached hydrogen (secondary N) is 1. The molecule has 6 aromatic rings. The van der Waals surface area contributed by atoms with Crippen LogP contribution >= 0.6 is 11.6 Å². The van der Waals surface area contributed by atoms with Crippen LogP contribution in [0.4, 0.5) is 0 Å². The number of amides is 1. The Morgan fingerprint density at radius 1 is 0.947 bits per heavy atom. The number of benzene rings is 4. The highest BCUT2D eigenvalue weighted by Crippen LogP contribution is 2.34. The van der Waals surface area contributed by atoms with Crippen LogP contribution in [0.1, 0.15) is 26.3 Å².